The maximum atomic E-state index is 8.65. The van der Waals surface area contributed by atoms with Crippen LogP contribution in [0.2, 0.25) is 0 Å². The van der Waals surface area contributed by atoms with E-state index in [0.717, 1.165) is 24.1 Å². The van der Waals surface area contributed by atoms with Gasteiger partial charge in [0.25, 0.3) is 0 Å². The lowest BCUT2D eigenvalue weighted by molar-refractivity contribution is 0.303. The van der Waals surface area contributed by atoms with E-state index in [1.807, 2.05) is 13.1 Å². The van der Waals surface area contributed by atoms with E-state index in [9.17, 15) is 0 Å². The number of hydrogen-bond acceptors (Lipinski definition) is 5. The van der Waals surface area contributed by atoms with Gasteiger partial charge in [-0.3, -0.25) is 0 Å². The van der Waals surface area contributed by atoms with Crippen molar-refractivity contribution in [2.75, 3.05) is 30.4 Å². The summed E-state index contributed by atoms with van der Waals surface area (Å²) in [7, 11) is 1.85. The highest BCUT2D eigenvalue weighted by Gasteiger charge is 2.16. The summed E-state index contributed by atoms with van der Waals surface area (Å²) in [5.74, 6) is 2.52. The molecule has 0 saturated heterocycles. The number of hydrogen-bond donors (Lipinski definition) is 1. The van der Waals surface area contributed by atoms with Gasteiger partial charge in [0.2, 0.25) is 0 Å². The molecule has 0 aliphatic heterocycles. The monoisotopic (exact) mass is 245 g/mol. The Bertz CT molecular complexity index is 422. The molecule has 1 aliphatic carbocycles. The van der Waals surface area contributed by atoms with Crippen molar-refractivity contribution >= 4 is 11.6 Å². The third-order valence-electron chi connectivity index (χ3n) is 3.44. The number of anilines is 2. The van der Waals surface area contributed by atoms with Gasteiger partial charge in [-0.25, -0.2) is 9.97 Å². The Balaban J connectivity index is 1.84. The Labute approximate surface area is 108 Å². The molecule has 5 nitrogen and oxygen atoms in total. The molecule has 0 bridgehead atoms. The molecule has 1 aliphatic rings. The van der Waals surface area contributed by atoms with Crippen molar-refractivity contribution in [1.29, 1.82) is 5.26 Å². The number of nitrogens with zero attached hydrogens (tertiary/aromatic N) is 4. The van der Waals surface area contributed by atoms with Crippen LogP contribution in [0.25, 0.3) is 0 Å². The molecule has 0 unspecified atom stereocenters. The van der Waals surface area contributed by atoms with Gasteiger partial charge in [0.05, 0.1) is 6.07 Å². The smallest absolute Gasteiger partial charge is 0.134 e. The predicted octanol–water partition coefficient (Wildman–Crippen LogP) is 2.04. The minimum absolute atomic E-state index is 0.332. The summed E-state index contributed by atoms with van der Waals surface area (Å²) in [5, 5.41) is 12.0. The van der Waals surface area contributed by atoms with Crippen LogP contribution >= 0.6 is 0 Å². The lowest BCUT2D eigenvalue weighted by atomic mass is 9.83. The highest BCUT2D eigenvalue weighted by molar-refractivity contribution is 5.48. The van der Waals surface area contributed by atoms with Gasteiger partial charge in [-0.2, -0.15) is 5.26 Å². The Morgan fingerprint density at radius 2 is 2.33 bits per heavy atom. The summed E-state index contributed by atoms with van der Waals surface area (Å²) in [4.78, 5) is 10.1. The van der Waals surface area contributed by atoms with Crippen LogP contribution in [0.15, 0.2) is 12.4 Å². The highest BCUT2D eigenvalue weighted by atomic mass is 15.2. The maximum Gasteiger partial charge on any atom is 0.134 e. The van der Waals surface area contributed by atoms with Crippen molar-refractivity contribution in [3.63, 3.8) is 0 Å². The van der Waals surface area contributed by atoms with E-state index in [-0.39, 0.29) is 0 Å². The minimum atomic E-state index is 0.332. The molecule has 0 radical (unpaired) electrons. The lowest BCUT2D eigenvalue weighted by Crippen LogP contribution is -2.19. The van der Waals surface area contributed by atoms with E-state index in [1.54, 1.807) is 4.90 Å². The van der Waals surface area contributed by atoms with E-state index >= 15 is 0 Å². The fourth-order valence-electron chi connectivity index (χ4n) is 2.03. The number of nitrogens with one attached hydrogen (secondary N) is 1. The summed E-state index contributed by atoms with van der Waals surface area (Å²) < 4.78 is 0. The van der Waals surface area contributed by atoms with Crippen molar-refractivity contribution < 1.29 is 0 Å². The fourth-order valence-corrected chi connectivity index (χ4v) is 2.03. The molecule has 0 atom stereocenters. The first-order valence-corrected chi connectivity index (χ1v) is 6.43. The van der Waals surface area contributed by atoms with E-state index in [0.29, 0.717) is 6.54 Å². The second-order valence-corrected chi connectivity index (χ2v) is 4.79. The molecule has 1 saturated carbocycles. The van der Waals surface area contributed by atoms with Gasteiger partial charge in [0.15, 0.2) is 0 Å². The fraction of sp³-hybridized carbons (Fsp3) is 0.615. The Morgan fingerprint density at radius 1 is 1.50 bits per heavy atom. The van der Waals surface area contributed by atoms with Crippen LogP contribution in [0.5, 0.6) is 0 Å². The minimum Gasteiger partial charge on any atom is -0.370 e. The first-order valence-electron chi connectivity index (χ1n) is 6.43. The molecule has 5 heteroatoms. The van der Waals surface area contributed by atoms with Crippen molar-refractivity contribution in [3.05, 3.63) is 12.4 Å². The molecule has 1 aromatic rings. The van der Waals surface area contributed by atoms with Crippen molar-refractivity contribution in [1.82, 2.24) is 9.97 Å². The number of nitriles is 1. The first-order chi connectivity index (χ1) is 8.79. The van der Waals surface area contributed by atoms with Gasteiger partial charge >= 0.3 is 0 Å². The molecular weight excluding hydrogens is 226 g/mol. The van der Waals surface area contributed by atoms with Crippen molar-refractivity contribution in [3.8, 4) is 6.07 Å². The maximum absolute atomic E-state index is 8.65. The van der Waals surface area contributed by atoms with Crippen molar-refractivity contribution in [2.24, 2.45) is 5.92 Å². The van der Waals surface area contributed by atoms with Crippen LogP contribution in [-0.4, -0.2) is 30.1 Å². The average molecular weight is 245 g/mol. The number of rotatable bonds is 6. The molecule has 96 valence electrons. The average Bonchev–Trinajstić information content (AvgIpc) is 2.33. The van der Waals surface area contributed by atoms with Gasteiger partial charge in [-0.05, 0) is 12.3 Å². The lowest BCUT2D eigenvalue weighted by Gasteiger charge is -2.25. The van der Waals surface area contributed by atoms with E-state index in [1.165, 1.54) is 32.0 Å². The third-order valence-corrected chi connectivity index (χ3v) is 3.44. The summed E-state index contributed by atoms with van der Waals surface area (Å²) in [6.07, 6.45) is 6.90. The highest BCUT2D eigenvalue weighted by Crippen LogP contribution is 2.29. The van der Waals surface area contributed by atoms with Gasteiger partial charge in [-0.1, -0.05) is 19.3 Å². The molecule has 1 fully saturated rings. The molecule has 0 amide bonds. The third kappa shape index (κ3) is 3.33. The van der Waals surface area contributed by atoms with Crippen LogP contribution in [0.1, 0.15) is 25.7 Å². The van der Waals surface area contributed by atoms with Crippen LogP contribution < -0.4 is 10.2 Å². The topological polar surface area (TPSA) is 64.8 Å². The van der Waals surface area contributed by atoms with Crippen molar-refractivity contribution in [2.45, 2.75) is 25.7 Å². The molecule has 1 aromatic heterocycles. The molecule has 18 heavy (non-hydrogen) atoms. The van der Waals surface area contributed by atoms with Gasteiger partial charge < -0.3 is 10.2 Å². The quantitative estimate of drug-likeness (QED) is 0.777. The van der Waals surface area contributed by atoms with Crippen LogP contribution in [0.4, 0.5) is 11.6 Å². The number of aromatic nitrogens is 2. The van der Waals surface area contributed by atoms with E-state index < -0.39 is 0 Å². The van der Waals surface area contributed by atoms with Gasteiger partial charge in [0.1, 0.15) is 24.5 Å². The molecule has 0 aromatic carbocycles. The SMILES string of the molecule is CN(CC#N)c1cc(NCCC2CCC2)ncn1. The van der Waals surface area contributed by atoms with E-state index in [2.05, 4.69) is 21.4 Å². The largest absolute Gasteiger partial charge is 0.370 e. The second-order valence-electron chi connectivity index (χ2n) is 4.79. The van der Waals surface area contributed by atoms with Gasteiger partial charge in [-0.15, -0.1) is 0 Å². The molecule has 0 spiro atoms. The standard InChI is InChI=1S/C13H19N5/c1-18(8-6-14)13-9-12(16-10-17-13)15-7-5-11-3-2-4-11/h9-11H,2-5,7-8H2,1H3,(H,15,16,17). The molecular formula is C13H19N5. The first kappa shape index (κ1) is 12.6. The Morgan fingerprint density at radius 3 is 3.00 bits per heavy atom. The summed E-state index contributed by atoms with van der Waals surface area (Å²) in [6, 6.07) is 3.99. The van der Waals surface area contributed by atoms with E-state index in [4.69, 9.17) is 5.26 Å². The zero-order valence-corrected chi connectivity index (χ0v) is 10.8. The van der Waals surface area contributed by atoms with Crippen LogP contribution in [-0.2, 0) is 0 Å². The van der Waals surface area contributed by atoms with Crippen LogP contribution in [0, 0.1) is 17.2 Å². The molecule has 2 rings (SSSR count). The zero-order valence-electron chi connectivity index (χ0n) is 10.8. The Hall–Kier alpha value is -1.83. The summed E-state index contributed by atoms with van der Waals surface area (Å²) in [5.41, 5.74) is 0. The zero-order chi connectivity index (χ0) is 12.8. The summed E-state index contributed by atoms with van der Waals surface area (Å²) >= 11 is 0. The van der Waals surface area contributed by atoms with Gasteiger partial charge in [0, 0.05) is 19.7 Å². The van der Waals surface area contributed by atoms with Crippen LogP contribution in [0.3, 0.4) is 0 Å². The predicted molar refractivity (Wildman–Crippen MR) is 71.4 cm³/mol. The summed E-state index contributed by atoms with van der Waals surface area (Å²) in [6.45, 7) is 1.29. The normalized spacial score (nSPS) is 14.7. The second kappa shape index (κ2) is 6.20. The molecule has 1 heterocycles. The Kier molecular flexibility index (Phi) is 4.35. The molecule has 1 N–H and O–H groups in total.